The molecule has 0 saturated heterocycles. The molecule has 0 radical (unpaired) electrons. The minimum Gasteiger partial charge on any atom is -0.482 e. The molecule has 0 saturated carbocycles. The summed E-state index contributed by atoms with van der Waals surface area (Å²) >= 11 is 11.7. The van der Waals surface area contributed by atoms with Gasteiger partial charge in [0.15, 0.2) is 6.61 Å². The lowest BCUT2D eigenvalue weighted by Gasteiger charge is -2.07. The van der Waals surface area contributed by atoms with Crippen LogP contribution in [0.15, 0.2) is 30.5 Å². The zero-order valence-corrected chi connectivity index (χ0v) is 11.1. The predicted octanol–water partition coefficient (Wildman–Crippen LogP) is 3.22. The van der Waals surface area contributed by atoms with Gasteiger partial charge in [-0.2, -0.15) is 5.10 Å². The van der Waals surface area contributed by atoms with E-state index in [1.807, 2.05) is 0 Å². The third-order valence-corrected chi connectivity index (χ3v) is 2.75. The van der Waals surface area contributed by atoms with E-state index in [1.54, 1.807) is 37.4 Å². The van der Waals surface area contributed by atoms with E-state index in [0.717, 1.165) is 5.69 Å². The number of carbonyl (C=O) groups is 1. The van der Waals surface area contributed by atoms with E-state index < -0.39 is 0 Å². The van der Waals surface area contributed by atoms with Crippen LogP contribution in [0.1, 0.15) is 10.5 Å². The minimum atomic E-state index is -0.269. The molecule has 1 aromatic carbocycles. The number of hydrogen-bond acceptors (Lipinski definition) is 3. The Morgan fingerprint density at radius 1 is 1.39 bits per heavy atom. The highest BCUT2D eigenvalue weighted by molar-refractivity contribution is 6.35. The van der Waals surface area contributed by atoms with Crippen molar-refractivity contribution in [3.63, 3.8) is 0 Å². The van der Waals surface area contributed by atoms with Gasteiger partial charge in [0.1, 0.15) is 5.75 Å². The van der Waals surface area contributed by atoms with Crippen LogP contribution in [0.2, 0.25) is 10.0 Å². The van der Waals surface area contributed by atoms with Crippen molar-refractivity contribution in [2.45, 2.75) is 6.92 Å². The molecule has 0 amide bonds. The molecular weight excluding hydrogens is 275 g/mol. The third kappa shape index (κ3) is 3.03. The van der Waals surface area contributed by atoms with Crippen molar-refractivity contribution >= 4 is 29.1 Å². The Kier molecular flexibility index (Phi) is 3.89. The molecule has 2 aromatic rings. The summed E-state index contributed by atoms with van der Waals surface area (Å²) < 4.78 is 6.55. The van der Waals surface area contributed by atoms with Crippen molar-refractivity contribution < 1.29 is 9.53 Å². The Hall–Kier alpha value is -1.52. The van der Waals surface area contributed by atoms with E-state index in [0.29, 0.717) is 15.8 Å². The Balaban J connectivity index is 2.01. The number of ether oxygens (including phenoxy) is 1. The van der Waals surface area contributed by atoms with Crippen LogP contribution in [-0.2, 0) is 0 Å². The van der Waals surface area contributed by atoms with E-state index in [9.17, 15) is 4.79 Å². The van der Waals surface area contributed by atoms with Gasteiger partial charge in [-0.15, -0.1) is 0 Å². The van der Waals surface area contributed by atoms with Gasteiger partial charge in [-0.1, -0.05) is 23.2 Å². The second-order valence-corrected chi connectivity index (χ2v) is 4.50. The molecule has 2 rings (SSSR count). The van der Waals surface area contributed by atoms with Crippen molar-refractivity contribution in [1.82, 2.24) is 9.78 Å². The number of halogens is 2. The summed E-state index contributed by atoms with van der Waals surface area (Å²) in [5, 5.41) is 4.88. The van der Waals surface area contributed by atoms with Gasteiger partial charge >= 0.3 is 0 Å². The van der Waals surface area contributed by atoms with Crippen molar-refractivity contribution in [3.05, 3.63) is 46.2 Å². The van der Waals surface area contributed by atoms with Crippen LogP contribution in [0.4, 0.5) is 0 Å². The Morgan fingerprint density at radius 2 is 2.17 bits per heavy atom. The fourth-order valence-corrected chi connectivity index (χ4v) is 1.81. The van der Waals surface area contributed by atoms with Crippen molar-refractivity contribution in [1.29, 1.82) is 0 Å². The fraction of sp³-hybridized carbons (Fsp3) is 0.167. The third-order valence-electron chi connectivity index (χ3n) is 2.22. The summed E-state index contributed by atoms with van der Waals surface area (Å²) in [6.45, 7) is 1.67. The zero-order chi connectivity index (χ0) is 13.1. The SMILES string of the molecule is Cc1ccn(C(=O)COc2ccc(Cl)cc2Cl)n1. The summed E-state index contributed by atoms with van der Waals surface area (Å²) in [5.74, 6) is 0.146. The molecule has 0 N–H and O–H groups in total. The molecule has 0 bridgehead atoms. The molecule has 1 aromatic heterocycles. The lowest BCUT2D eigenvalue weighted by molar-refractivity contribution is 0.0821. The molecule has 0 aliphatic rings. The number of carbonyl (C=O) groups excluding carboxylic acids is 1. The van der Waals surface area contributed by atoms with Crippen LogP contribution < -0.4 is 4.74 Å². The largest absolute Gasteiger partial charge is 0.482 e. The first-order valence-corrected chi connectivity index (χ1v) is 5.95. The summed E-state index contributed by atoms with van der Waals surface area (Å²) in [5.41, 5.74) is 0.771. The number of aryl methyl sites for hydroxylation is 1. The van der Waals surface area contributed by atoms with E-state index >= 15 is 0 Å². The van der Waals surface area contributed by atoms with Gasteiger partial charge in [0.25, 0.3) is 5.91 Å². The predicted molar refractivity (Wildman–Crippen MR) is 69.5 cm³/mol. The first-order chi connectivity index (χ1) is 8.56. The van der Waals surface area contributed by atoms with Crippen molar-refractivity contribution in [2.24, 2.45) is 0 Å². The quantitative estimate of drug-likeness (QED) is 0.869. The summed E-state index contributed by atoms with van der Waals surface area (Å²) in [6, 6.07) is 6.56. The van der Waals surface area contributed by atoms with Gasteiger partial charge < -0.3 is 4.74 Å². The average molecular weight is 285 g/mol. The molecule has 0 fully saturated rings. The second-order valence-electron chi connectivity index (χ2n) is 3.66. The molecule has 1 heterocycles. The Morgan fingerprint density at radius 3 is 2.78 bits per heavy atom. The van der Waals surface area contributed by atoms with E-state index in [4.69, 9.17) is 27.9 Å². The van der Waals surface area contributed by atoms with Gasteiger partial charge in [-0.3, -0.25) is 4.79 Å². The number of benzene rings is 1. The van der Waals surface area contributed by atoms with Crippen molar-refractivity contribution in [3.8, 4) is 5.75 Å². The Bertz CT molecular complexity index is 581. The van der Waals surface area contributed by atoms with Gasteiger partial charge in [0.05, 0.1) is 10.7 Å². The molecular formula is C12H10Cl2N2O2. The maximum absolute atomic E-state index is 11.7. The molecule has 0 unspecified atom stereocenters. The lowest BCUT2D eigenvalue weighted by Crippen LogP contribution is -2.19. The zero-order valence-electron chi connectivity index (χ0n) is 9.56. The molecule has 0 spiro atoms. The average Bonchev–Trinajstić information content (AvgIpc) is 2.74. The highest BCUT2D eigenvalue weighted by atomic mass is 35.5. The highest BCUT2D eigenvalue weighted by Crippen LogP contribution is 2.27. The van der Waals surface area contributed by atoms with Gasteiger partial charge in [-0.05, 0) is 31.2 Å². The molecule has 18 heavy (non-hydrogen) atoms. The van der Waals surface area contributed by atoms with Crippen molar-refractivity contribution in [2.75, 3.05) is 6.61 Å². The highest BCUT2D eigenvalue weighted by Gasteiger charge is 2.09. The topological polar surface area (TPSA) is 44.1 Å². The van der Waals surface area contributed by atoms with E-state index in [1.165, 1.54) is 4.68 Å². The van der Waals surface area contributed by atoms with Gasteiger partial charge in [-0.25, -0.2) is 4.68 Å². The first-order valence-electron chi connectivity index (χ1n) is 5.19. The van der Waals surface area contributed by atoms with Crippen LogP contribution >= 0.6 is 23.2 Å². The maximum Gasteiger partial charge on any atom is 0.284 e. The molecule has 0 aliphatic carbocycles. The number of rotatable bonds is 3. The summed E-state index contributed by atoms with van der Waals surface area (Å²) in [7, 11) is 0. The fourth-order valence-electron chi connectivity index (χ4n) is 1.35. The van der Waals surface area contributed by atoms with Crippen LogP contribution in [0.3, 0.4) is 0 Å². The van der Waals surface area contributed by atoms with Crippen LogP contribution in [-0.4, -0.2) is 22.3 Å². The lowest BCUT2D eigenvalue weighted by atomic mass is 10.3. The normalized spacial score (nSPS) is 10.4. The monoisotopic (exact) mass is 284 g/mol. The Labute approximate surface area is 114 Å². The number of nitrogens with zero attached hydrogens (tertiary/aromatic N) is 2. The van der Waals surface area contributed by atoms with E-state index in [2.05, 4.69) is 5.10 Å². The first kappa shape index (κ1) is 12.9. The molecule has 0 atom stereocenters. The second kappa shape index (κ2) is 5.42. The van der Waals surface area contributed by atoms with E-state index in [-0.39, 0.29) is 12.5 Å². The number of aromatic nitrogens is 2. The minimum absolute atomic E-state index is 0.136. The van der Waals surface area contributed by atoms with Gasteiger partial charge in [0.2, 0.25) is 0 Å². The standard InChI is InChI=1S/C12H10Cl2N2O2/c1-8-4-5-16(15-8)12(17)7-18-11-3-2-9(13)6-10(11)14/h2-6H,7H2,1H3. The molecule has 6 heteroatoms. The summed E-state index contributed by atoms with van der Waals surface area (Å²) in [4.78, 5) is 11.7. The van der Waals surface area contributed by atoms with Crippen LogP contribution in [0.5, 0.6) is 5.75 Å². The number of hydrogen-bond donors (Lipinski definition) is 0. The molecule has 4 nitrogen and oxygen atoms in total. The molecule has 0 aliphatic heterocycles. The van der Waals surface area contributed by atoms with Crippen LogP contribution in [0, 0.1) is 6.92 Å². The maximum atomic E-state index is 11.7. The smallest absolute Gasteiger partial charge is 0.284 e. The van der Waals surface area contributed by atoms with Gasteiger partial charge in [0, 0.05) is 11.2 Å². The summed E-state index contributed by atoms with van der Waals surface area (Å²) in [6.07, 6.45) is 1.59. The molecule has 94 valence electrons. The van der Waals surface area contributed by atoms with Crippen LogP contribution in [0.25, 0.3) is 0 Å².